The van der Waals surface area contributed by atoms with E-state index in [1.807, 2.05) is 20.8 Å². The normalized spacial score (nSPS) is 10.9. The minimum absolute atomic E-state index is 0.179. The molecule has 0 radical (unpaired) electrons. The second kappa shape index (κ2) is 4.98. The van der Waals surface area contributed by atoms with E-state index in [9.17, 15) is 9.59 Å². The second-order valence-electron chi connectivity index (χ2n) is 4.11. The van der Waals surface area contributed by atoms with Crippen molar-refractivity contribution in [1.29, 1.82) is 0 Å². The standard InChI is InChI=1S/C10H19NO3/c1-6-14-9(13)7-8(12)11(5)10(2,3)4/h6-7H2,1-5H3. The van der Waals surface area contributed by atoms with E-state index in [0.29, 0.717) is 6.61 Å². The molecule has 0 aliphatic rings. The van der Waals surface area contributed by atoms with Crippen LogP contribution in [0.5, 0.6) is 0 Å². The van der Waals surface area contributed by atoms with Gasteiger partial charge in [0, 0.05) is 12.6 Å². The van der Waals surface area contributed by atoms with Crippen LogP contribution < -0.4 is 0 Å². The second-order valence-corrected chi connectivity index (χ2v) is 4.11. The van der Waals surface area contributed by atoms with Crippen LogP contribution in [0.15, 0.2) is 0 Å². The number of carbonyl (C=O) groups excluding carboxylic acids is 2. The first kappa shape index (κ1) is 12.9. The molecule has 4 heteroatoms. The third kappa shape index (κ3) is 4.25. The van der Waals surface area contributed by atoms with E-state index >= 15 is 0 Å². The maximum Gasteiger partial charge on any atom is 0.315 e. The molecule has 0 fully saturated rings. The minimum Gasteiger partial charge on any atom is -0.466 e. The predicted molar refractivity (Wildman–Crippen MR) is 53.8 cm³/mol. The van der Waals surface area contributed by atoms with Gasteiger partial charge in [-0.2, -0.15) is 0 Å². The highest BCUT2D eigenvalue weighted by atomic mass is 16.5. The molecule has 0 aliphatic heterocycles. The summed E-state index contributed by atoms with van der Waals surface area (Å²) in [6.07, 6.45) is -0.179. The lowest BCUT2D eigenvalue weighted by Gasteiger charge is -2.31. The topological polar surface area (TPSA) is 46.6 Å². The summed E-state index contributed by atoms with van der Waals surface area (Å²) < 4.78 is 4.69. The summed E-state index contributed by atoms with van der Waals surface area (Å²) in [4.78, 5) is 24.1. The van der Waals surface area contributed by atoms with E-state index in [-0.39, 0.29) is 17.9 Å². The molecule has 0 heterocycles. The molecule has 0 aliphatic carbocycles. The van der Waals surface area contributed by atoms with Crippen LogP contribution in [0.2, 0.25) is 0 Å². The Hall–Kier alpha value is -1.06. The van der Waals surface area contributed by atoms with Gasteiger partial charge in [0.05, 0.1) is 6.61 Å². The number of esters is 1. The van der Waals surface area contributed by atoms with Gasteiger partial charge in [-0.15, -0.1) is 0 Å². The van der Waals surface area contributed by atoms with Crippen molar-refractivity contribution in [3.63, 3.8) is 0 Å². The predicted octanol–water partition coefficient (Wildman–Crippen LogP) is 1.20. The average molecular weight is 201 g/mol. The zero-order valence-electron chi connectivity index (χ0n) is 9.59. The first-order valence-electron chi connectivity index (χ1n) is 4.71. The Labute approximate surface area is 85.2 Å². The van der Waals surface area contributed by atoms with Crippen LogP contribution in [0.3, 0.4) is 0 Å². The van der Waals surface area contributed by atoms with Crippen molar-refractivity contribution in [3.8, 4) is 0 Å². The van der Waals surface area contributed by atoms with Gasteiger partial charge in [0.1, 0.15) is 6.42 Å². The molecule has 0 aromatic rings. The Morgan fingerprint density at radius 2 is 1.79 bits per heavy atom. The van der Waals surface area contributed by atoms with Crippen LogP contribution in [0.1, 0.15) is 34.1 Å². The van der Waals surface area contributed by atoms with E-state index in [2.05, 4.69) is 4.74 Å². The summed E-state index contributed by atoms with van der Waals surface area (Å²) in [5.41, 5.74) is -0.260. The summed E-state index contributed by atoms with van der Waals surface area (Å²) >= 11 is 0. The Bertz CT molecular complexity index is 218. The van der Waals surface area contributed by atoms with Crippen molar-refractivity contribution < 1.29 is 14.3 Å². The van der Waals surface area contributed by atoms with Crippen molar-refractivity contribution in [3.05, 3.63) is 0 Å². The van der Waals surface area contributed by atoms with E-state index in [4.69, 9.17) is 0 Å². The molecule has 14 heavy (non-hydrogen) atoms. The molecular weight excluding hydrogens is 182 g/mol. The van der Waals surface area contributed by atoms with Crippen molar-refractivity contribution >= 4 is 11.9 Å². The smallest absolute Gasteiger partial charge is 0.315 e. The lowest BCUT2D eigenvalue weighted by Crippen LogP contribution is -2.43. The van der Waals surface area contributed by atoms with Crippen molar-refractivity contribution in [2.45, 2.75) is 39.7 Å². The highest BCUT2D eigenvalue weighted by Gasteiger charge is 2.24. The van der Waals surface area contributed by atoms with Gasteiger partial charge >= 0.3 is 5.97 Å². The van der Waals surface area contributed by atoms with Crippen LogP contribution in [0.4, 0.5) is 0 Å². The fourth-order valence-corrected chi connectivity index (χ4v) is 0.828. The molecule has 0 N–H and O–H groups in total. The summed E-state index contributed by atoms with van der Waals surface area (Å²) in [5.74, 6) is -0.676. The Morgan fingerprint density at radius 1 is 1.29 bits per heavy atom. The molecule has 4 nitrogen and oxygen atoms in total. The lowest BCUT2D eigenvalue weighted by molar-refractivity contribution is -0.149. The highest BCUT2D eigenvalue weighted by molar-refractivity contribution is 5.94. The minimum atomic E-state index is -0.464. The molecule has 0 aromatic carbocycles. The highest BCUT2D eigenvalue weighted by Crippen LogP contribution is 2.11. The van der Waals surface area contributed by atoms with Gasteiger partial charge in [-0.3, -0.25) is 9.59 Å². The van der Waals surface area contributed by atoms with Gasteiger partial charge in [0.25, 0.3) is 0 Å². The third-order valence-corrected chi connectivity index (χ3v) is 1.98. The van der Waals surface area contributed by atoms with Crippen LogP contribution in [-0.4, -0.2) is 36.0 Å². The van der Waals surface area contributed by atoms with E-state index in [1.54, 1.807) is 18.9 Å². The van der Waals surface area contributed by atoms with Gasteiger partial charge in [-0.25, -0.2) is 0 Å². The summed E-state index contributed by atoms with van der Waals surface area (Å²) in [6, 6.07) is 0. The zero-order valence-corrected chi connectivity index (χ0v) is 9.59. The van der Waals surface area contributed by atoms with E-state index in [1.165, 1.54) is 0 Å². The molecule has 0 rings (SSSR count). The molecule has 0 aromatic heterocycles. The van der Waals surface area contributed by atoms with Gasteiger partial charge in [-0.1, -0.05) is 0 Å². The van der Waals surface area contributed by atoms with Crippen LogP contribution >= 0.6 is 0 Å². The average Bonchev–Trinajstić information content (AvgIpc) is 2.01. The molecule has 0 atom stereocenters. The van der Waals surface area contributed by atoms with Gasteiger partial charge < -0.3 is 9.64 Å². The summed E-state index contributed by atoms with van der Waals surface area (Å²) in [6.45, 7) is 7.77. The molecular formula is C10H19NO3. The number of carbonyl (C=O) groups is 2. The number of amides is 1. The molecule has 0 spiro atoms. The molecule has 0 saturated carbocycles. The first-order chi connectivity index (χ1) is 6.29. The number of nitrogens with zero attached hydrogens (tertiary/aromatic N) is 1. The maximum absolute atomic E-state index is 11.5. The van der Waals surface area contributed by atoms with E-state index < -0.39 is 5.97 Å². The van der Waals surface area contributed by atoms with Crippen molar-refractivity contribution in [2.75, 3.05) is 13.7 Å². The molecule has 1 amide bonds. The lowest BCUT2D eigenvalue weighted by atomic mass is 10.1. The first-order valence-corrected chi connectivity index (χ1v) is 4.71. The fourth-order valence-electron chi connectivity index (χ4n) is 0.828. The van der Waals surface area contributed by atoms with Gasteiger partial charge in [0.15, 0.2) is 0 Å². The van der Waals surface area contributed by atoms with Gasteiger partial charge in [-0.05, 0) is 27.7 Å². The Kier molecular flexibility index (Phi) is 4.60. The Balaban J connectivity index is 4.15. The quantitative estimate of drug-likeness (QED) is 0.509. The molecule has 0 unspecified atom stereocenters. The largest absolute Gasteiger partial charge is 0.466 e. The molecule has 82 valence electrons. The fraction of sp³-hybridized carbons (Fsp3) is 0.800. The molecule has 0 saturated heterocycles. The van der Waals surface area contributed by atoms with Crippen LogP contribution in [-0.2, 0) is 14.3 Å². The van der Waals surface area contributed by atoms with E-state index in [0.717, 1.165) is 0 Å². The summed E-state index contributed by atoms with van der Waals surface area (Å²) in [5, 5.41) is 0. The molecule has 0 bridgehead atoms. The van der Waals surface area contributed by atoms with Gasteiger partial charge in [0.2, 0.25) is 5.91 Å². The number of ether oxygens (including phenoxy) is 1. The number of hydrogen-bond acceptors (Lipinski definition) is 3. The Morgan fingerprint density at radius 3 is 2.14 bits per heavy atom. The third-order valence-electron chi connectivity index (χ3n) is 1.98. The monoisotopic (exact) mass is 201 g/mol. The van der Waals surface area contributed by atoms with Crippen molar-refractivity contribution in [2.24, 2.45) is 0 Å². The number of rotatable bonds is 3. The summed E-state index contributed by atoms with van der Waals surface area (Å²) in [7, 11) is 1.68. The number of hydrogen-bond donors (Lipinski definition) is 0. The zero-order chi connectivity index (χ0) is 11.4. The SMILES string of the molecule is CCOC(=O)CC(=O)N(C)C(C)(C)C. The van der Waals surface area contributed by atoms with Crippen LogP contribution in [0, 0.1) is 0 Å². The van der Waals surface area contributed by atoms with Crippen LogP contribution in [0.25, 0.3) is 0 Å². The maximum atomic E-state index is 11.5. The van der Waals surface area contributed by atoms with Crippen molar-refractivity contribution in [1.82, 2.24) is 4.90 Å².